The molecule has 0 atom stereocenters. The quantitative estimate of drug-likeness (QED) is 0.322. The fraction of sp³-hybridized carbons (Fsp3) is 0.517. The molecule has 0 bridgehead atoms. The maximum atomic E-state index is 9.28. The van der Waals surface area contributed by atoms with E-state index in [-0.39, 0.29) is 10.8 Å². The Balaban J connectivity index is 0.00000187. The van der Waals surface area contributed by atoms with Gasteiger partial charge in [0.25, 0.3) is 0 Å². The van der Waals surface area contributed by atoms with Crippen LogP contribution >= 0.6 is 0 Å². The van der Waals surface area contributed by atoms with Gasteiger partial charge in [0, 0.05) is 18.2 Å². The third-order valence-electron chi connectivity index (χ3n) is 6.74. The van der Waals surface area contributed by atoms with Crippen molar-refractivity contribution in [2.75, 3.05) is 20.8 Å². The molecular weight excluding hydrogens is 412 g/mol. The Hall–Kier alpha value is -2.46. The number of hydrogen-bond acceptors (Lipinski definition) is 4. The number of fused-ring (bicyclic) bond motifs is 1. The lowest BCUT2D eigenvalue weighted by molar-refractivity contribution is 0.300. The molecule has 0 spiro atoms. The number of methoxy groups -OCH3 is 1. The van der Waals surface area contributed by atoms with Crippen LogP contribution in [0, 0.1) is 0 Å². The Bertz CT molecular complexity index is 941. The lowest BCUT2D eigenvalue weighted by Crippen LogP contribution is -2.34. The van der Waals surface area contributed by atoms with Gasteiger partial charge in [-0.1, -0.05) is 53.5 Å². The molecule has 2 aromatic rings. The number of benzene rings is 2. The molecule has 0 radical (unpaired) electrons. The van der Waals surface area contributed by atoms with Gasteiger partial charge in [0.2, 0.25) is 0 Å². The molecule has 1 aliphatic carbocycles. The Morgan fingerprint density at radius 2 is 1.48 bits per heavy atom. The van der Waals surface area contributed by atoms with Crippen LogP contribution in [-0.4, -0.2) is 31.0 Å². The van der Waals surface area contributed by atoms with Crippen molar-refractivity contribution in [3.05, 3.63) is 53.3 Å². The highest BCUT2D eigenvalue weighted by molar-refractivity contribution is 5.79. The average Bonchev–Trinajstić information content (AvgIpc) is 2.81. The van der Waals surface area contributed by atoms with Gasteiger partial charge in [-0.3, -0.25) is 0 Å². The molecule has 33 heavy (non-hydrogen) atoms. The largest absolute Gasteiger partial charge is 0.516 e. The van der Waals surface area contributed by atoms with Crippen molar-refractivity contribution in [1.29, 1.82) is 0 Å². The van der Waals surface area contributed by atoms with Crippen LogP contribution in [0.25, 0.3) is 17.2 Å². The summed E-state index contributed by atoms with van der Waals surface area (Å²) in [5.41, 5.74) is 5.99. The first kappa shape index (κ1) is 26.8. The summed E-state index contributed by atoms with van der Waals surface area (Å²) in [7, 11) is 2.70. The summed E-state index contributed by atoms with van der Waals surface area (Å²) in [4.78, 5) is 0. The van der Waals surface area contributed by atoms with Gasteiger partial charge in [-0.25, -0.2) is 0 Å². The molecule has 0 saturated carbocycles. The van der Waals surface area contributed by atoms with E-state index < -0.39 is 0 Å². The van der Waals surface area contributed by atoms with Crippen molar-refractivity contribution in [3.63, 3.8) is 0 Å². The maximum Gasteiger partial charge on any atom is 0.127 e. The number of ether oxygens (including phenoxy) is 2. The smallest absolute Gasteiger partial charge is 0.127 e. The summed E-state index contributed by atoms with van der Waals surface area (Å²) >= 11 is 0. The average molecular weight is 455 g/mol. The molecule has 2 aromatic carbocycles. The number of aliphatic hydroxyl groups is 2. The molecule has 4 nitrogen and oxygen atoms in total. The first-order valence-electron chi connectivity index (χ1n) is 12.0. The van der Waals surface area contributed by atoms with Crippen LogP contribution in [0.2, 0.25) is 0 Å². The fourth-order valence-electron chi connectivity index (χ4n) is 4.58. The van der Waals surface area contributed by atoms with Crippen molar-refractivity contribution < 1.29 is 19.7 Å². The molecular formula is C29H42O4. The van der Waals surface area contributed by atoms with Crippen LogP contribution in [0.5, 0.6) is 11.5 Å². The highest BCUT2D eigenvalue weighted by Gasteiger charge is 2.38. The molecule has 0 aromatic heterocycles. The number of aliphatic hydroxyl groups excluding tert-OH is 2. The zero-order chi connectivity index (χ0) is 24.6. The molecule has 0 heterocycles. The first-order valence-corrected chi connectivity index (χ1v) is 12.0. The first-order chi connectivity index (χ1) is 15.7. The highest BCUT2D eigenvalue weighted by Crippen LogP contribution is 2.50. The molecule has 0 aliphatic heterocycles. The van der Waals surface area contributed by atoms with Crippen molar-refractivity contribution in [2.24, 2.45) is 0 Å². The summed E-state index contributed by atoms with van der Waals surface area (Å²) in [6.45, 7) is 12.3. The maximum absolute atomic E-state index is 9.28. The van der Waals surface area contributed by atoms with Crippen molar-refractivity contribution >= 4 is 6.08 Å². The highest BCUT2D eigenvalue weighted by atomic mass is 16.5. The molecule has 1 aliphatic rings. The van der Waals surface area contributed by atoms with Crippen LogP contribution in [0.1, 0.15) is 83.4 Å². The lowest BCUT2D eigenvalue weighted by Gasteiger charge is -2.42. The van der Waals surface area contributed by atoms with E-state index in [9.17, 15) is 5.11 Å². The summed E-state index contributed by atoms with van der Waals surface area (Å²) < 4.78 is 12.1. The third-order valence-corrected chi connectivity index (χ3v) is 6.74. The van der Waals surface area contributed by atoms with E-state index in [4.69, 9.17) is 14.6 Å². The van der Waals surface area contributed by atoms with Gasteiger partial charge in [-0.15, -0.1) is 0 Å². The number of rotatable bonds is 8. The van der Waals surface area contributed by atoms with Crippen LogP contribution in [0.15, 0.2) is 36.6 Å². The third kappa shape index (κ3) is 6.11. The molecule has 0 amide bonds. The Morgan fingerprint density at radius 1 is 0.879 bits per heavy atom. The molecule has 0 unspecified atom stereocenters. The summed E-state index contributed by atoms with van der Waals surface area (Å²) in [5, 5.41) is 16.3. The Labute approximate surface area is 200 Å². The Kier molecular flexibility index (Phi) is 9.42. The van der Waals surface area contributed by atoms with E-state index in [2.05, 4.69) is 52.8 Å². The van der Waals surface area contributed by atoms with E-state index in [0.717, 1.165) is 54.4 Å². The second-order valence-electron chi connectivity index (χ2n) is 9.99. The van der Waals surface area contributed by atoms with Gasteiger partial charge < -0.3 is 19.7 Å². The van der Waals surface area contributed by atoms with Crippen molar-refractivity contribution in [2.45, 2.75) is 77.6 Å². The monoisotopic (exact) mass is 454 g/mol. The zero-order valence-corrected chi connectivity index (χ0v) is 21.5. The predicted octanol–water partition coefficient (Wildman–Crippen LogP) is 7.42. The molecule has 0 saturated heterocycles. The standard InChI is InChI=1S/C28H38O3.CH4O/c1-7-8-9-16-31-26-19-24-23(27(2,3)13-14-28(24,4)5)18-22(26)21-17-20(12-15-29)10-11-25(21)30-6;1-2/h10-12,15,17-19,29H,7-9,13-14,16H2,1-6H3;2H,1H3/b15-12+;. The van der Waals surface area contributed by atoms with E-state index in [1.165, 1.54) is 30.4 Å². The van der Waals surface area contributed by atoms with E-state index in [1.54, 1.807) is 13.2 Å². The summed E-state index contributed by atoms with van der Waals surface area (Å²) in [6.07, 6.45) is 8.48. The number of unbranched alkanes of at least 4 members (excludes halogenated alkanes) is 2. The minimum atomic E-state index is 0.107. The van der Waals surface area contributed by atoms with E-state index in [1.807, 2.05) is 12.1 Å². The zero-order valence-electron chi connectivity index (χ0n) is 21.5. The van der Waals surface area contributed by atoms with Gasteiger partial charge in [0.1, 0.15) is 11.5 Å². The summed E-state index contributed by atoms with van der Waals surface area (Å²) in [5.74, 6) is 1.73. The Morgan fingerprint density at radius 3 is 2.06 bits per heavy atom. The molecule has 3 rings (SSSR count). The normalized spacial score (nSPS) is 16.0. The number of hydrogen-bond donors (Lipinski definition) is 2. The molecule has 2 N–H and O–H groups in total. The van der Waals surface area contributed by atoms with Gasteiger partial charge >= 0.3 is 0 Å². The topological polar surface area (TPSA) is 58.9 Å². The van der Waals surface area contributed by atoms with Crippen LogP contribution in [0.4, 0.5) is 0 Å². The minimum Gasteiger partial charge on any atom is -0.516 e. The second-order valence-corrected chi connectivity index (χ2v) is 9.99. The van der Waals surface area contributed by atoms with E-state index in [0.29, 0.717) is 6.61 Å². The van der Waals surface area contributed by atoms with Gasteiger partial charge in [0.15, 0.2) is 0 Å². The molecule has 4 heteroatoms. The minimum absolute atomic E-state index is 0.107. The predicted molar refractivity (Wildman–Crippen MR) is 139 cm³/mol. The molecule has 182 valence electrons. The van der Waals surface area contributed by atoms with Crippen molar-refractivity contribution in [3.8, 4) is 22.6 Å². The van der Waals surface area contributed by atoms with Gasteiger partial charge in [-0.2, -0.15) is 0 Å². The van der Waals surface area contributed by atoms with Gasteiger partial charge in [-0.05, 0) is 77.1 Å². The second kappa shape index (κ2) is 11.6. The van der Waals surface area contributed by atoms with Crippen LogP contribution in [-0.2, 0) is 10.8 Å². The van der Waals surface area contributed by atoms with Crippen LogP contribution in [0.3, 0.4) is 0 Å². The lowest BCUT2D eigenvalue weighted by atomic mass is 9.62. The SMILES string of the molecule is CCCCCOc1cc2c(cc1-c1cc(/C=C/O)ccc1OC)C(C)(C)CCC2(C)C.CO. The van der Waals surface area contributed by atoms with Crippen LogP contribution < -0.4 is 9.47 Å². The van der Waals surface area contributed by atoms with Crippen molar-refractivity contribution in [1.82, 2.24) is 0 Å². The van der Waals surface area contributed by atoms with Gasteiger partial charge in [0.05, 0.1) is 20.0 Å². The van der Waals surface area contributed by atoms with E-state index >= 15 is 0 Å². The fourth-order valence-corrected chi connectivity index (χ4v) is 4.58. The molecule has 0 fully saturated rings. The summed E-state index contributed by atoms with van der Waals surface area (Å²) in [6, 6.07) is 10.6.